The highest BCUT2D eigenvalue weighted by Crippen LogP contribution is 2.38. The Morgan fingerprint density at radius 1 is 0.968 bits per heavy atom. The number of halogens is 2. The van der Waals surface area contributed by atoms with Crippen LogP contribution in [0.2, 0.25) is 5.02 Å². The number of hydrogen-bond donors (Lipinski definition) is 0. The number of methoxy groups -OCH3 is 2. The van der Waals surface area contributed by atoms with Crippen molar-refractivity contribution in [3.63, 3.8) is 0 Å². The number of ether oxygens (including phenoxy) is 2. The van der Waals surface area contributed by atoms with E-state index in [0.29, 0.717) is 28.0 Å². The average molecular weight is 458 g/mol. The Labute approximate surface area is 183 Å². The van der Waals surface area contributed by atoms with E-state index in [9.17, 15) is 12.8 Å². The second-order valence-corrected chi connectivity index (χ2v) is 8.99. The van der Waals surface area contributed by atoms with Gasteiger partial charge in [0.2, 0.25) is 9.84 Å². The molecule has 0 aliphatic rings. The van der Waals surface area contributed by atoms with Crippen molar-refractivity contribution in [3.8, 4) is 22.6 Å². The number of benzene rings is 3. The van der Waals surface area contributed by atoms with Gasteiger partial charge < -0.3 is 9.47 Å². The predicted octanol–water partition coefficient (Wildman–Crippen LogP) is 5.54. The van der Waals surface area contributed by atoms with E-state index in [0.717, 1.165) is 0 Å². The molecule has 1 heterocycles. The van der Waals surface area contributed by atoms with Crippen molar-refractivity contribution < 1.29 is 22.3 Å². The van der Waals surface area contributed by atoms with Gasteiger partial charge in [-0.05, 0) is 42.0 Å². The normalized spacial score (nSPS) is 11.5. The van der Waals surface area contributed by atoms with Crippen molar-refractivity contribution in [1.82, 2.24) is 4.98 Å². The van der Waals surface area contributed by atoms with Gasteiger partial charge in [0, 0.05) is 17.1 Å². The first-order valence-corrected chi connectivity index (χ1v) is 11.0. The molecule has 1 aromatic heterocycles. The monoisotopic (exact) mass is 457 g/mol. The topological polar surface area (TPSA) is 65.5 Å². The van der Waals surface area contributed by atoms with E-state index < -0.39 is 15.7 Å². The third-order valence-corrected chi connectivity index (χ3v) is 6.97. The van der Waals surface area contributed by atoms with Crippen LogP contribution in [0.1, 0.15) is 0 Å². The van der Waals surface area contributed by atoms with Crippen LogP contribution in [0.3, 0.4) is 0 Å². The van der Waals surface area contributed by atoms with Crippen molar-refractivity contribution in [3.05, 3.63) is 77.7 Å². The largest absolute Gasteiger partial charge is 0.497 e. The molecule has 0 spiro atoms. The molecule has 4 rings (SSSR count). The zero-order valence-corrected chi connectivity index (χ0v) is 18.2. The minimum Gasteiger partial charge on any atom is -0.497 e. The maximum absolute atomic E-state index is 14.4. The molecule has 0 N–H and O–H groups in total. The highest BCUT2D eigenvalue weighted by atomic mass is 35.5. The first kappa shape index (κ1) is 21.1. The molecule has 158 valence electrons. The van der Waals surface area contributed by atoms with Gasteiger partial charge in [-0.1, -0.05) is 35.9 Å². The summed E-state index contributed by atoms with van der Waals surface area (Å²) in [5, 5.41) is 0.542. The van der Waals surface area contributed by atoms with E-state index in [2.05, 4.69) is 4.98 Å². The highest BCUT2D eigenvalue weighted by Gasteiger charge is 2.26. The van der Waals surface area contributed by atoms with E-state index in [-0.39, 0.29) is 20.3 Å². The van der Waals surface area contributed by atoms with Crippen LogP contribution in [0.25, 0.3) is 22.0 Å². The van der Waals surface area contributed by atoms with Crippen LogP contribution >= 0.6 is 11.6 Å². The molecule has 8 heteroatoms. The van der Waals surface area contributed by atoms with Crippen molar-refractivity contribution in [1.29, 1.82) is 0 Å². The number of rotatable bonds is 5. The smallest absolute Gasteiger partial charge is 0.208 e. The van der Waals surface area contributed by atoms with Gasteiger partial charge in [0.05, 0.1) is 29.0 Å². The summed E-state index contributed by atoms with van der Waals surface area (Å²) < 4.78 is 51.9. The summed E-state index contributed by atoms with van der Waals surface area (Å²) in [5.41, 5.74) is 1.01. The highest BCUT2D eigenvalue weighted by molar-refractivity contribution is 7.91. The zero-order valence-electron chi connectivity index (χ0n) is 16.6. The SMILES string of the molecule is COc1ccc(-c2c(S(=O)(=O)c3ccc(OC)c(Cl)c3)cnc3c(F)cccc23)cc1. The van der Waals surface area contributed by atoms with Crippen molar-refractivity contribution in [2.75, 3.05) is 14.2 Å². The third-order valence-electron chi connectivity index (χ3n) is 4.92. The van der Waals surface area contributed by atoms with Gasteiger partial charge in [-0.15, -0.1) is 0 Å². The van der Waals surface area contributed by atoms with Gasteiger partial charge >= 0.3 is 0 Å². The Bertz CT molecular complexity index is 1390. The van der Waals surface area contributed by atoms with Gasteiger partial charge in [-0.25, -0.2) is 12.8 Å². The Balaban J connectivity index is 2.02. The van der Waals surface area contributed by atoms with Gasteiger partial charge in [0.1, 0.15) is 22.8 Å². The van der Waals surface area contributed by atoms with Gasteiger partial charge in [0.15, 0.2) is 0 Å². The molecule has 4 aromatic rings. The molecular weight excluding hydrogens is 441 g/mol. The fraction of sp³-hybridized carbons (Fsp3) is 0.0870. The lowest BCUT2D eigenvalue weighted by Gasteiger charge is -2.15. The predicted molar refractivity (Wildman–Crippen MR) is 117 cm³/mol. The summed E-state index contributed by atoms with van der Waals surface area (Å²) in [5.74, 6) is 0.429. The molecular formula is C23H17ClFNO4S. The first-order chi connectivity index (χ1) is 14.9. The van der Waals surface area contributed by atoms with Crippen LogP contribution in [0.5, 0.6) is 11.5 Å². The molecule has 31 heavy (non-hydrogen) atoms. The fourth-order valence-corrected chi connectivity index (χ4v) is 5.15. The number of fused-ring (bicyclic) bond motifs is 1. The zero-order chi connectivity index (χ0) is 22.2. The van der Waals surface area contributed by atoms with Gasteiger partial charge in [-0.3, -0.25) is 4.98 Å². The van der Waals surface area contributed by atoms with Crippen LogP contribution in [-0.2, 0) is 9.84 Å². The second kappa shape index (κ2) is 8.17. The van der Waals surface area contributed by atoms with Gasteiger partial charge in [-0.2, -0.15) is 0 Å². The van der Waals surface area contributed by atoms with E-state index in [1.54, 1.807) is 30.3 Å². The molecule has 0 aliphatic carbocycles. The summed E-state index contributed by atoms with van der Waals surface area (Å²) in [4.78, 5) is 4.03. The summed E-state index contributed by atoms with van der Waals surface area (Å²) in [6, 6.07) is 15.5. The van der Waals surface area contributed by atoms with Crippen molar-refractivity contribution in [2.24, 2.45) is 0 Å². The number of para-hydroxylation sites is 1. The number of nitrogens with zero attached hydrogens (tertiary/aromatic N) is 1. The minimum atomic E-state index is -4.04. The number of pyridine rings is 1. The third kappa shape index (κ3) is 3.71. The Morgan fingerprint density at radius 3 is 2.35 bits per heavy atom. The van der Waals surface area contributed by atoms with Crippen LogP contribution < -0.4 is 9.47 Å². The summed E-state index contributed by atoms with van der Waals surface area (Å²) in [6.45, 7) is 0. The van der Waals surface area contributed by atoms with E-state index >= 15 is 0 Å². The lowest BCUT2D eigenvalue weighted by Crippen LogP contribution is -2.06. The maximum atomic E-state index is 14.4. The fourth-order valence-electron chi connectivity index (χ4n) is 3.37. The van der Waals surface area contributed by atoms with Crippen LogP contribution in [0.4, 0.5) is 4.39 Å². The molecule has 3 aromatic carbocycles. The summed E-state index contributed by atoms with van der Waals surface area (Å²) >= 11 is 6.16. The molecule has 0 amide bonds. The molecule has 0 saturated carbocycles. The van der Waals surface area contributed by atoms with Crippen molar-refractivity contribution in [2.45, 2.75) is 9.79 Å². The molecule has 5 nitrogen and oxygen atoms in total. The van der Waals surface area contributed by atoms with E-state index in [4.69, 9.17) is 21.1 Å². The van der Waals surface area contributed by atoms with E-state index in [1.165, 1.54) is 50.7 Å². The lowest BCUT2D eigenvalue weighted by molar-refractivity contribution is 0.414. The number of hydrogen-bond acceptors (Lipinski definition) is 5. The number of aromatic nitrogens is 1. The molecule has 0 aliphatic heterocycles. The molecule has 0 fully saturated rings. The number of sulfone groups is 1. The Morgan fingerprint density at radius 2 is 1.71 bits per heavy atom. The molecule has 0 unspecified atom stereocenters. The summed E-state index contributed by atoms with van der Waals surface area (Å²) in [6.07, 6.45) is 1.18. The average Bonchev–Trinajstić information content (AvgIpc) is 2.78. The molecule has 0 bridgehead atoms. The van der Waals surface area contributed by atoms with E-state index in [1.807, 2.05) is 0 Å². The van der Waals surface area contributed by atoms with Crippen LogP contribution in [0.15, 0.2) is 76.7 Å². The molecule has 0 radical (unpaired) electrons. The first-order valence-electron chi connectivity index (χ1n) is 9.17. The van der Waals surface area contributed by atoms with Crippen LogP contribution in [-0.4, -0.2) is 27.6 Å². The van der Waals surface area contributed by atoms with Crippen LogP contribution in [0, 0.1) is 5.82 Å². The minimum absolute atomic E-state index is 0.0226. The Kier molecular flexibility index (Phi) is 5.56. The Hall–Kier alpha value is -3.16. The molecule has 0 saturated heterocycles. The molecule has 0 atom stereocenters. The lowest BCUT2D eigenvalue weighted by atomic mass is 10.0. The van der Waals surface area contributed by atoms with Crippen molar-refractivity contribution >= 4 is 32.3 Å². The van der Waals surface area contributed by atoms with Gasteiger partial charge in [0.25, 0.3) is 0 Å². The summed E-state index contributed by atoms with van der Waals surface area (Å²) in [7, 11) is -1.06. The second-order valence-electron chi connectivity index (χ2n) is 6.66. The quantitative estimate of drug-likeness (QED) is 0.393. The standard InChI is InChI=1S/C23H17ClFNO4S/c1-29-15-8-6-14(7-9-15)22-17-4-3-5-19(25)23(17)26-13-21(22)31(27,28)16-10-11-20(30-2)18(24)12-16/h3-13H,1-2H3. The maximum Gasteiger partial charge on any atom is 0.208 e.